The highest BCUT2D eigenvalue weighted by Gasteiger charge is 2.04. The van der Waals surface area contributed by atoms with E-state index in [1.54, 1.807) is 0 Å². The maximum absolute atomic E-state index is 5.95. The predicted molar refractivity (Wildman–Crippen MR) is 62.4 cm³/mol. The molecule has 2 heterocycles. The topological polar surface area (TPSA) is 17.3 Å². The fourth-order valence-electron chi connectivity index (χ4n) is 1.91. The van der Waals surface area contributed by atoms with Crippen LogP contribution in [0, 0.1) is 6.92 Å². The minimum absolute atomic E-state index is 0.723. The van der Waals surface area contributed by atoms with E-state index in [2.05, 4.69) is 15.5 Å². The van der Waals surface area contributed by atoms with Gasteiger partial charge in [-0.1, -0.05) is 11.6 Å². The van der Waals surface area contributed by atoms with Crippen LogP contribution >= 0.6 is 11.6 Å². The second kappa shape index (κ2) is 2.97. The van der Waals surface area contributed by atoms with Crippen LogP contribution in [0.2, 0.25) is 5.02 Å². The molecule has 3 rings (SSSR count). The molecule has 0 aliphatic carbocycles. The van der Waals surface area contributed by atoms with Gasteiger partial charge in [-0.25, -0.2) is 4.98 Å². The molecule has 0 aliphatic heterocycles. The molecule has 0 fully saturated rings. The van der Waals surface area contributed by atoms with E-state index in [0.717, 1.165) is 27.3 Å². The van der Waals surface area contributed by atoms with Gasteiger partial charge in [0.2, 0.25) is 0 Å². The molecule has 2 aromatic heterocycles. The van der Waals surface area contributed by atoms with Crippen molar-refractivity contribution in [1.82, 2.24) is 9.38 Å². The Kier molecular flexibility index (Phi) is 1.73. The van der Waals surface area contributed by atoms with Crippen molar-refractivity contribution in [2.24, 2.45) is 0 Å². The first-order valence-electron chi connectivity index (χ1n) is 4.78. The van der Waals surface area contributed by atoms with Crippen LogP contribution in [0.15, 0.2) is 36.5 Å². The van der Waals surface area contributed by atoms with Gasteiger partial charge in [-0.05, 0) is 37.3 Å². The smallest absolute Gasteiger partial charge is 0.0888 e. The largest absolute Gasteiger partial charge is 0.313 e. The van der Waals surface area contributed by atoms with Gasteiger partial charge in [0.1, 0.15) is 0 Å². The number of aromatic nitrogens is 2. The first-order chi connectivity index (χ1) is 7.25. The Bertz CT molecular complexity index is 655. The molecule has 0 radical (unpaired) electrons. The van der Waals surface area contributed by atoms with Crippen LogP contribution in [0.1, 0.15) is 5.69 Å². The van der Waals surface area contributed by atoms with E-state index in [-0.39, 0.29) is 0 Å². The Hall–Kier alpha value is -1.54. The molecule has 0 amide bonds. The molecule has 2 nitrogen and oxygen atoms in total. The molecule has 3 heteroatoms. The second-order valence-corrected chi connectivity index (χ2v) is 4.03. The monoisotopic (exact) mass is 216 g/mol. The number of nitrogens with zero attached hydrogens (tertiary/aromatic N) is 2. The lowest BCUT2D eigenvalue weighted by molar-refractivity contribution is 1.17. The maximum atomic E-state index is 5.95. The van der Waals surface area contributed by atoms with Crippen LogP contribution in [0.4, 0.5) is 0 Å². The molecular weight excluding hydrogens is 208 g/mol. The first kappa shape index (κ1) is 8.74. The van der Waals surface area contributed by atoms with Gasteiger partial charge in [0.25, 0.3) is 0 Å². The summed E-state index contributed by atoms with van der Waals surface area (Å²) in [6, 6.07) is 9.87. The number of benzene rings is 1. The maximum Gasteiger partial charge on any atom is 0.0888 e. The zero-order valence-electron chi connectivity index (χ0n) is 8.24. The van der Waals surface area contributed by atoms with E-state index in [0.29, 0.717) is 0 Å². The molecule has 74 valence electrons. The van der Waals surface area contributed by atoms with Crippen LogP contribution in [-0.2, 0) is 0 Å². The number of rotatable bonds is 0. The number of aryl methyl sites for hydroxylation is 1. The lowest BCUT2D eigenvalue weighted by Gasteiger charge is -2.05. The summed E-state index contributed by atoms with van der Waals surface area (Å²) in [4.78, 5) is 4.53. The van der Waals surface area contributed by atoms with Crippen molar-refractivity contribution in [3.8, 4) is 0 Å². The Balaban J connectivity index is 2.60. The van der Waals surface area contributed by atoms with Gasteiger partial charge < -0.3 is 4.40 Å². The average molecular weight is 217 g/mol. The summed E-state index contributed by atoms with van der Waals surface area (Å²) in [6.07, 6.45) is 2.04. The minimum Gasteiger partial charge on any atom is -0.313 e. The SMILES string of the molecule is Cc1nc2cc(Cl)ccc2n2cccc12. The molecule has 0 N–H and O–H groups in total. The van der Waals surface area contributed by atoms with Crippen LogP contribution in [-0.4, -0.2) is 9.38 Å². The lowest BCUT2D eigenvalue weighted by atomic mass is 10.2. The van der Waals surface area contributed by atoms with Crippen molar-refractivity contribution in [3.05, 3.63) is 47.2 Å². The summed E-state index contributed by atoms with van der Waals surface area (Å²) in [5.41, 5.74) is 4.19. The second-order valence-electron chi connectivity index (χ2n) is 3.59. The number of hydrogen-bond donors (Lipinski definition) is 0. The fraction of sp³-hybridized carbons (Fsp3) is 0.0833. The third-order valence-corrected chi connectivity index (χ3v) is 2.84. The molecule has 0 unspecified atom stereocenters. The summed E-state index contributed by atoms with van der Waals surface area (Å²) in [7, 11) is 0. The molecular formula is C12H9ClN2. The van der Waals surface area contributed by atoms with Gasteiger partial charge in [0.05, 0.1) is 22.2 Å². The van der Waals surface area contributed by atoms with E-state index < -0.39 is 0 Å². The summed E-state index contributed by atoms with van der Waals surface area (Å²) in [5, 5.41) is 0.723. The van der Waals surface area contributed by atoms with Gasteiger partial charge in [-0.2, -0.15) is 0 Å². The Morgan fingerprint density at radius 3 is 2.93 bits per heavy atom. The van der Waals surface area contributed by atoms with Gasteiger partial charge >= 0.3 is 0 Å². The highest BCUT2D eigenvalue weighted by atomic mass is 35.5. The van der Waals surface area contributed by atoms with Crippen LogP contribution in [0.3, 0.4) is 0 Å². The Morgan fingerprint density at radius 1 is 1.20 bits per heavy atom. The quantitative estimate of drug-likeness (QED) is 0.563. The molecule has 0 aliphatic rings. The van der Waals surface area contributed by atoms with Gasteiger partial charge in [0.15, 0.2) is 0 Å². The number of hydrogen-bond acceptors (Lipinski definition) is 1. The summed E-state index contributed by atoms with van der Waals surface area (Å²) < 4.78 is 2.13. The van der Waals surface area contributed by atoms with Crippen LogP contribution in [0.25, 0.3) is 16.6 Å². The van der Waals surface area contributed by atoms with Crippen LogP contribution in [0.5, 0.6) is 0 Å². The van der Waals surface area contributed by atoms with Gasteiger partial charge in [-0.3, -0.25) is 0 Å². The van der Waals surface area contributed by atoms with Crippen molar-refractivity contribution in [2.45, 2.75) is 6.92 Å². The van der Waals surface area contributed by atoms with Gasteiger partial charge in [0, 0.05) is 11.2 Å². The molecule has 0 spiro atoms. The van der Waals surface area contributed by atoms with E-state index in [1.165, 1.54) is 0 Å². The molecule has 0 saturated heterocycles. The standard InChI is InChI=1S/C12H9ClN2/c1-8-11-3-2-6-15(11)12-5-4-9(13)7-10(12)14-8/h2-7H,1H3. The number of halogens is 1. The molecule has 0 bridgehead atoms. The summed E-state index contributed by atoms with van der Waals surface area (Å²) >= 11 is 5.95. The molecule has 15 heavy (non-hydrogen) atoms. The van der Waals surface area contributed by atoms with Crippen molar-refractivity contribution in [1.29, 1.82) is 0 Å². The van der Waals surface area contributed by atoms with E-state index in [1.807, 2.05) is 37.4 Å². The molecule has 1 aromatic carbocycles. The van der Waals surface area contributed by atoms with Crippen molar-refractivity contribution >= 4 is 28.2 Å². The summed E-state index contributed by atoms with van der Waals surface area (Å²) in [5.74, 6) is 0. The third-order valence-electron chi connectivity index (χ3n) is 2.60. The first-order valence-corrected chi connectivity index (χ1v) is 5.16. The number of fused-ring (bicyclic) bond motifs is 3. The third kappa shape index (κ3) is 1.22. The van der Waals surface area contributed by atoms with E-state index in [4.69, 9.17) is 11.6 Å². The Labute approximate surface area is 92.1 Å². The van der Waals surface area contributed by atoms with E-state index >= 15 is 0 Å². The predicted octanol–water partition coefficient (Wildman–Crippen LogP) is 3.45. The molecule has 3 aromatic rings. The van der Waals surface area contributed by atoms with E-state index in [9.17, 15) is 0 Å². The minimum atomic E-state index is 0.723. The van der Waals surface area contributed by atoms with Crippen molar-refractivity contribution in [3.63, 3.8) is 0 Å². The van der Waals surface area contributed by atoms with Crippen LogP contribution < -0.4 is 0 Å². The normalized spacial score (nSPS) is 11.3. The lowest BCUT2D eigenvalue weighted by Crippen LogP contribution is -1.93. The highest BCUT2D eigenvalue weighted by molar-refractivity contribution is 6.31. The van der Waals surface area contributed by atoms with Crippen molar-refractivity contribution < 1.29 is 0 Å². The van der Waals surface area contributed by atoms with Crippen molar-refractivity contribution in [2.75, 3.05) is 0 Å². The Morgan fingerprint density at radius 2 is 2.07 bits per heavy atom. The zero-order chi connectivity index (χ0) is 10.4. The summed E-state index contributed by atoms with van der Waals surface area (Å²) in [6.45, 7) is 2.01. The molecule has 0 saturated carbocycles. The average Bonchev–Trinajstić information content (AvgIpc) is 2.66. The fourth-order valence-corrected chi connectivity index (χ4v) is 2.08. The van der Waals surface area contributed by atoms with Gasteiger partial charge in [-0.15, -0.1) is 0 Å². The molecule has 0 atom stereocenters. The zero-order valence-corrected chi connectivity index (χ0v) is 8.99. The highest BCUT2D eigenvalue weighted by Crippen LogP contribution is 2.21.